The summed E-state index contributed by atoms with van der Waals surface area (Å²) in [7, 11) is 0. The topological polar surface area (TPSA) is 67.0 Å². The molecular weight excluding hydrogens is 434 g/mol. The Morgan fingerprint density at radius 1 is 1.03 bits per heavy atom. The lowest BCUT2D eigenvalue weighted by molar-refractivity contribution is 0.0969. The van der Waals surface area contributed by atoms with Gasteiger partial charge in [0.15, 0.2) is 0 Å². The van der Waals surface area contributed by atoms with Gasteiger partial charge in [-0.2, -0.15) is 5.26 Å². The third-order valence-electron chi connectivity index (χ3n) is 6.41. The van der Waals surface area contributed by atoms with Crippen molar-refractivity contribution in [2.45, 2.75) is 32.4 Å². The molecule has 1 N–H and O–H groups in total. The molecule has 0 unspecified atom stereocenters. The van der Waals surface area contributed by atoms with E-state index in [1.54, 1.807) is 6.07 Å². The van der Waals surface area contributed by atoms with Gasteiger partial charge in [-0.15, -0.1) is 0 Å². The highest BCUT2D eigenvalue weighted by molar-refractivity contribution is 6.06. The Hall–Kier alpha value is -4.14. The number of nitrogens with one attached hydrogen (secondary N) is 1. The molecule has 2 heterocycles. The molecule has 0 bridgehead atoms. The minimum absolute atomic E-state index is 0.0228. The highest BCUT2D eigenvalue weighted by Gasteiger charge is 2.29. The zero-order valence-electron chi connectivity index (χ0n) is 19.7. The fourth-order valence-electron chi connectivity index (χ4n) is 4.78. The first kappa shape index (κ1) is 22.6. The first-order chi connectivity index (χ1) is 17.2. The molecule has 1 aromatic heterocycles. The molecule has 4 aromatic rings. The Morgan fingerprint density at radius 2 is 1.74 bits per heavy atom. The number of carbonyl (C=O) groups is 1. The molecular formula is C30H27N3O2. The van der Waals surface area contributed by atoms with Gasteiger partial charge in [0.05, 0.1) is 18.3 Å². The van der Waals surface area contributed by atoms with E-state index in [1.165, 1.54) is 0 Å². The van der Waals surface area contributed by atoms with Crippen molar-refractivity contribution in [1.29, 1.82) is 5.26 Å². The predicted octanol–water partition coefficient (Wildman–Crippen LogP) is 6.43. The van der Waals surface area contributed by atoms with E-state index in [2.05, 4.69) is 16.0 Å². The quantitative estimate of drug-likeness (QED) is 0.360. The number of aryl methyl sites for hydroxylation is 1. The van der Waals surface area contributed by atoms with Gasteiger partial charge < -0.3 is 14.6 Å². The van der Waals surface area contributed by atoms with Gasteiger partial charge in [-0.25, -0.2) is 0 Å². The van der Waals surface area contributed by atoms with Gasteiger partial charge in [0.1, 0.15) is 17.5 Å². The Bertz CT molecular complexity index is 1380. The maximum Gasteiger partial charge on any atom is 0.256 e. The van der Waals surface area contributed by atoms with Crippen molar-refractivity contribution in [1.82, 2.24) is 4.57 Å². The number of carbonyl (C=O) groups excluding carboxylic acids is 1. The zero-order valence-corrected chi connectivity index (χ0v) is 19.7. The van der Waals surface area contributed by atoms with Crippen LogP contribution in [0, 0.1) is 18.3 Å². The van der Waals surface area contributed by atoms with Gasteiger partial charge in [0.2, 0.25) is 0 Å². The van der Waals surface area contributed by atoms with Crippen LogP contribution in [0.2, 0.25) is 0 Å². The van der Waals surface area contributed by atoms with Crippen LogP contribution in [0.25, 0.3) is 22.4 Å². The number of rotatable bonds is 6. The molecule has 35 heavy (non-hydrogen) atoms. The van der Waals surface area contributed by atoms with Crippen LogP contribution < -0.4 is 5.32 Å². The lowest BCUT2D eigenvalue weighted by Gasteiger charge is -2.18. The van der Waals surface area contributed by atoms with Crippen molar-refractivity contribution < 1.29 is 9.53 Å². The SMILES string of the molecule is Cc1cccc(C(=O)Nc2c(C#N)c(-c3ccccc3)c(-c3ccccc3)n2C[C@H]2CCCO2)c1. The summed E-state index contributed by atoms with van der Waals surface area (Å²) in [5.41, 5.74) is 5.65. The van der Waals surface area contributed by atoms with E-state index in [4.69, 9.17) is 4.74 Å². The first-order valence-corrected chi connectivity index (χ1v) is 11.9. The minimum atomic E-state index is -0.240. The smallest absolute Gasteiger partial charge is 0.256 e. The van der Waals surface area contributed by atoms with Crippen LogP contribution in [0.1, 0.15) is 34.3 Å². The van der Waals surface area contributed by atoms with Crippen LogP contribution in [0.5, 0.6) is 0 Å². The van der Waals surface area contributed by atoms with E-state index < -0.39 is 0 Å². The summed E-state index contributed by atoms with van der Waals surface area (Å²) in [5.74, 6) is 0.266. The molecule has 0 saturated carbocycles. The van der Waals surface area contributed by atoms with Gasteiger partial charge in [0.25, 0.3) is 5.91 Å². The van der Waals surface area contributed by atoms with E-state index in [0.29, 0.717) is 23.5 Å². The molecule has 5 nitrogen and oxygen atoms in total. The van der Waals surface area contributed by atoms with Crippen LogP contribution in [-0.2, 0) is 11.3 Å². The Balaban J connectivity index is 1.73. The maximum atomic E-state index is 13.4. The molecule has 0 aliphatic carbocycles. The molecule has 1 atom stereocenters. The molecule has 0 radical (unpaired) electrons. The number of ether oxygens (including phenoxy) is 1. The second-order valence-corrected chi connectivity index (χ2v) is 8.86. The summed E-state index contributed by atoms with van der Waals surface area (Å²) >= 11 is 0. The van der Waals surface area contributed by atoms with Crippen LogP contribution >= 0.6 is 0 Å². The largest absolute Gasteiger partial charge is 0.376 e. The summed E-state index contributed by atoms with van der Waals surface area (Å²) in [4.78, 5) is 13.4. The lowest BCUT2D eigenvalue weighted by atomic mass is 9.98. The standard InChI is InChI=1S/C30H27N3O2/c1-21-10-8-15-24(18-21)30(34)32-29-26(19-31)27(22-11-4-2-5-12-22)28(23-13-6-3-7-14-23)33(29)20-25-16-9-17-35-25/h2-8,10-15,18,25H,9,16-17,20H2,1H3,(H,32,34)/t25-/m1/s1. The number of benzene rings is 3. The number of anilines is 1. The minimum Gasteiger partial charge on any atom is -0.376 e. The Morgan fingerprint density at radius 3 is 2.37 bits per heavy atom. The fourth-order valence-corrected chi connectivity index (χ4v) is 4.78. The molecule has 1 aliphatic heterocycles. The van der Waals surface area contributed by atoms with E-state index in [1.807, 2.05) is 85.8 Å². The average Bonchev–Trinajstić information content (AvgIpc) is 3.51. The molecule has 174 valence electrons. The highest BCUT2D eigenvalue weighted by atomic mass is 16.5. The highest BCUT2D eigenvalue weighted by Crippen LogP contribution is 2.42. The van der Waals surface area contributed by atoms with Crippen LogP contribution in [0.15, 0.2) is 84.9 Å². The van der Waals surface area contributed by atoms with Crippen molar-refractivity contribution in [3.05, 3.63) is 102 Å². The van der Waals surface area contributed by atoms with Crippen molar-refractivity contribution in [2.24, 2.45) is 0 Å². The van der Waals surface area contributed by atoms with Crippen LogP contribution in [0.4, 0.5) is 5.82 Å². The fraction of sp³-hybridized carbons (Fsp3) is 0.200. The van der Waals surface area contributed by atoms with E-state index in [0.717, 1.165) is 47.4 Å². The first-order valence-electron chi connectivity index (χ1n) is 11.9. The van der Waals surface area contributed by atoms with Crippen molar-refractivity contribution in [3.63, 3.8) is 0 Å². The zero-order chi connectivity index (χ0) is 24.2. The summed E-state index contributed by atoms with van der Waals surface area (Å²) < 4.78 is 8.05. The molecule has 5 rings (SSSR count). The van der Waals surface area contributed by atoms with E-state index in [9.17, 15) is 10.1 Å². The lowest BCUT2D eigenvalue weighted by Crippen LogP contribution is -2.21. The molecule has 1 fully saturated rings. The van der Waals surface area contributed by atoms with Crippen LogP contribution in [-0.4, -0.2) is 23.2 Å². The van der Waals surface area contributed by atoms with Gasteiger partial charge in [-0.3, -0.25) is 4.79 Å². The molecule has 0 spiro atoms. The number of hydrogen-bond acceptors (Lipinski definition) is 3. The van der Waals surface area contributed by atoms with E-state index >= 15 is 0 Å². The van der Waals surface area contributed by atoms with Crippen molar-refractivity contribution in [2.75, 3.05) is 11.9 Å². The second-order valence-electron chi connectivity index (χ2n) is 8.86. The predicted molar refractivity (Wildman–Crippen MR) is 138 cm³/mol. The van der Waals surface area contributed by atoms with Crippen molar-refractivity contribution in [3.8, 4) is 28.5 Å². The summed E-state index contributed by atoms with van der Waals surface area (Å²) in [6.45, 7) is 3.24. The number of amides is 1. The van der Waals surface area contributed by atoms with Gasteiger partial charge in [0, 0.05) is 17.7 Å². The molecule has 1 saturated heterocycles. The number of hydrogen-bond donors (Lipinski definition) is 1. The van der Waals surface area contributed by atoms with Crippen LogP contribution in [0.3, 0.4) is 0 Å². The van der Waals surface area contributed by atoms with Gasteiger partial charge in [-0.1, -0.05) is 78.4 Å². The third-order valence-corrected chi connectivity index (χ3v) is 6.41. The summed E-state index contributed by atoms with van der Waals surface area (Å²) in [6.07, 6.45) is 1.98. The third kappa shape index (κ3) is 4.62. The maximum absolute atomic E-state index is 13.4. The molecule has 1 amide bonds. The number of aromatic nitrogens is 1. The van der Waals surface area contributed by atoms with Crippen molar-refractivity contribution >= 4 is 11.7 Å². The van der Waals surface area contributed by atoms with Gasteiger partial charge >= 0.3 is 0 Å². The van der Waals surface area contributed by atoms with E-state index in [-0.39, 0.29) is 12.0 Å². The Kier molecular flexibility index (Phi) is 6.47. The molecule has 1 aliphatic rings. The second kappa shape index (κ2) is 10.0. The monoisotopic (exact) mass is 461 g/mol. The van der Waals surface area contributed by atoms with Gasteiger partial charge in [-0.05, 0) is 43.0 Å². The molecule has 3 aromatic carbocycles. The normalized spacial score (nSPS) is 15.0. The average molecular weight is 462 g/mol. The Labute approximate surface area is 205 Å². The number of nitrogens with zero attached hydrogens (tertiary/aromatic N) is 2. The number of nitriles is 1. The summed E-state index contributed by atoms with van der Waals surface area (Å²) in [6, 6.07) is 29.8. The summed E-state index contributed by atoms with van der Waals surface area (Å²) in [5, 5.41) is 13.5. The molecule has 5 heteroatoms.